The second-order valence-corrected chi connectivity index (χ2v) is 10.3. The van der Waals surface area contributed by atoms with Gasteiger partial charge in [-0.1, -0.05) is 60.1 Å². The van der Waals surface area contributed by atoms with E-state index in [0.717, 1.165) is 30.6 Å². The molecule has 0 spiro atoms. The minimum atomic E-state index is -0.650. The van der Waals surface area contributed by atoms with Crippen molar-refractivity contribution in [3.05, 3.63) is 63.1 Å². The lowest BCUT2D eigenvalue weighted by molar-refractivity contribution is -0.139. The van der Waals surface area contributed by atoms with Gasteiger partial charge in [0, 0.05) is 38.1 Å². The number of thioether (sulfide) groups is 1. The van der Waals surface area contributed by atoms with E-state index in [1.165, 1.54) is 18.2 Å². The molecule has 8 heteroatoms. The van der Waals surface area contributed by atoms with Gasteiger partial charge in [0.2, 0.25) is 11.8 Å². The Morgan fingerprint density at radius 2 is 1.66 bits per heavy atom. The summed E-state index contributed by atoms with van der Waals surface area (Å²) in [5.74, 6) is -0.123. The van der Waals surface area contributed by atoms with Crippen molar-refractivity contribution in [2.45, 2.75) is 62.6 Å². The molecule has 1 fully saturated rings. The average molecular weight is 514 g/mol. The zero-order valence-corrected chi connectivity index (χ0v) is 21.0. The molecule has 0 bridgehead atoms. The third kappa shape index (κ3) is 7.05. The first-order chi connectivity index (χ1) is 15.3. The van der Waals surface area contributed by atoms with E-state index in [0.29, 0.717) is 20.6 Å². The highest BCUT2D eigenvalue weighted by atomic mass is 35.5. The number of nitrogens with one attached hydrogen (secondary N) is 1. The monoisotopic (exact) mass is 512 g/mol. The van der Waals surface area contributed by atoms with Gasteiger partial charge in [0.15, 0.2) is 0 Å². The van der Waals surface area contributed by atoms with Crippen molar-refractivity contribution in [2.75, 3.05) is 5.75 Å². The third-order valence-corrected chi connectivity index (χ3v) is 7.64. The Morgan fingerprint density at radius 3 is 2.28 bits per heavy atom. The highest BCUT2D eigenvalue weighted by Crippen LogP contribution is 2.28. The molecular formula is C24H27Cl3N2O2S. The second kappa shape index (κ2) is 12.2. The van der Waals surface area contributed by atoms with Gasteiger partial charge in [-0.2, -0.15) is 0 Å². The molecule has 0 aliphatic heterocycles. The Morgan fingerprint density at radius 1 is 1.03 bits per heavy atom. The summed E-state index contributed by atoms with van der Waals surface area (Å²) in [6, 6.07) is 12.1. The molecule has 1 aliphatic carbocycles. The molecule has 1 unspecified atom stereocenters. The molecule has 3 rings (SSSR count). The van der Waals surface area contributed by atoms with Crippen LogP contribution in [0.2, 0.25) is 15.1 Å². The summed E-state index contributed by atoms with van der Waals surface area (Å²) in [7, 11) is 0. The number of hydrogen-bond acceptors (Lipinski definition) is 3. The third-order valence-electron chi connectivity index (χ3n) is 5.68. The molecule has 0 heterocycles. The average Bonchev–Trinajstić information content (AvgIpc) is 2.78. The lowest BCUT2D eigenvalue weighted by Crippen LogP contribution is -2.50. The first kappa shape index (κ1) is 25.2. The first-order valence-electron chi connectivity index (χ1n) is 10.8. The first-order valence-corrected chi connectivity index (χ1v) is 12.9. The van der Waals surface area contributed by atoms with Crippen LogP contribution in [-0.2, 0) is 16.1 Å². The fourth-order valence-electron chi connectivity index (χ4n) is 3.76. The van der Waals surface area contributed by atoms with Crippen LogP contribution in [0, 0.1) is 0 Å². The predicted molar refractivity (Wildman–Crippen MR) is 134 cm³/mol. The van der Waals surface area contributed by atoms with E-state index in [-0.39, 0.29) is 30.2 Å². The minimum Gasteiger partial charge on any atom is -0.352 e. The topological polar surface area (TPSA) is 49.4 Å². The zero-order valence-electron chi connectivity index (χ0n) is 18.0. The van der Waals surface area contributed by atoms with E-state index >= 15 is 0 Å². The van der Waals surface area contributed by atoms with E-state index in [4.69, 9.17) is 34.8 Å². The summed E-state index contributed by atoms with van der Waals surface area (Å²) in [6.07, 6.45) is 5.41. The maximum absolute atomic E-state index is 13.3. The molecule has 1 saturated carbocycles. The van der Waals surface area contributed by atoms with Crippen LogP contribution in [0.4, 0.5) is 0 Å². The maximum atomic E-state index is 13.3. The van der Waals surface area contributed by atoms with Gasteiger partial charge in [0.25, 0.3) is 0 Å². The SMILES string of the molecule is CC(C(=O)NC1CCCCC1)N(Cc1c(Cl)cccc1Cl)C(=O)CSc1ccc(Cl)cc1. The predicted octanol–water partition coefficient (Wildman–Crippen LogP) is 6.61. The van der Waals surface area contributed by atoms with E-state index in [1.54, 1.807) is 42.2 Å². The van der Waals surface area contributed by atoms with Gasteiger partial charge in [-0.25, -0.2) is 0 Å². The summed E-state index contributed by atoms with van der Waals surface area (Å²) < 4.78 is 0. The number of halogens is 3. The van der Waals surface area contributed by atoms with Gasteiger partial charge in [0.05, 0.1) is 5.75 Å². The van der Waals surface area contributed by atoms with Gasteiger partial charge >= 0.3 is 0 Å². The Bertz CT molecular complexity index is 913. The van der Waals surface area contributed by atoms with Crippen molar-refractivity contribution >= 4 is 58.4 Å². The molecule has 0 radical (unpaired) electrons. The molecule has 1 N–H and O–H groups in total. The number of amides is 2. The van der Waals surface area contributed by atoms with E-state index in [9.17, 15) is 9.59 Å². The van der Waals surface area contributed by atoms with Crippen molar-refractivity contribution in [1.29, 1.82) is 0 Å². The zero-order chi connectivity index (χ0) is 23.1. The molecular weight excluding hydrogens is 487 g/mol. The van der Waals surface area contributed by atoms with Crippen LogP contribution < -0.4 is 5.32 Å². The van der Waals surface area contributed by atoms with Gasteiger partial charge in [-0.05, 0) is 56.2 Å². The fourth-order valence-corrected chi connectivity index (χ4v) is 5.19. The molecule has 2 amide bonds. The Labute approximate surface area is 209 Å². The van der Waals surface area contributed by atoms with Gasteiger partial charge in [-0.3, -0.25) is 9.59 Å². The normalized spacial score (nSPS) is 15.2. The van der Waals surface area contributed by atoms with Crippen LogP contribution in [0.5, 0.6) is 0 Å². The smallest absolute Gasteiger partial charge is 0.242 e. The van der Waals surface area contributed by atoms with Gasteiger partial charge in [0.1, 0.15) is 6.04 Å². The van der Waals surface area contributed by atoms with Crippen LogP contribution in [0.3, 0.4) is 0 Å². The lowest BCUT2D eigenvalue weighted by atomic mass is 9.95. The van der Waals surface area contributed by atoms with Crippen LogP contribution in [-0.4, -0.2) is 34.6 Å². The standard InChI is InChI=1S/C24H27Cl3N2O2S/c1-16(24(31)28-18-6-3-2-4-7-18)29(14-20-21(26)8-5-9-22(20)27)23(30)15-32-19-12-10-17(25)11-13-19/h5,8-13,16,18H,2-4,6-7,14-15H2,1H3,(H,28,31). The van der Waals surface area contributed by atoms with Crippen molar-refractivity contribution < 1.29 is 9.59 Å². The van der Waals surface area contributed by atoms with Crippen molar-refractivity contribution in [3.8, 4) is 0 Å². The Kier molecular flexibility index (Phi) is 9.60. The molecule has 4 nitrogen and oxygen atoms in total. The quantitative estimate of drug-likeness (QED) is 0.404. The van der Waals surface area contributed by atoms with Crippen LogP contribution in [0.1, 0.15) is 44.6 Å². The van der Waals surface area contributed by atoms with Crippen molar-refractivity contribution in [2.24, 2.45) is 0 Å². The molecule has 1 atom stereocenters. The molecule has 1 aliphatic rings. The summed E-state index contributed by atoms with van der Waals surface area (Å²) >= 11 is 20.1. The summed E-state index contributed by atoms with van der Waals surface area (Å²) in [5.41, 5.74) is 0.637. The molecule has 0 aromatic heterocycles. The van der Waals surface area contributed by atoms with Crippen LogP contribution in [0.15, 0.2) is 47.4 Å². The largest absolute Gasteiger partial charge is 0.352 e. The molecule has 2 aromatic carbocycles. The summed E-state index contributed by atoms with van der Waals surface area (Å²) in [6.45, 7) is 1.92. The second-order valence-electron chi connectivity index (χ2n) is 7.98. The van der Waals surface area contributed by atoms with Gasteiger partial charge < -0.3 is 10.2 Å². The van der Waals surface area contributed by atoms with Gasteiger partial charge in [-0.15, -0.1) is 11.8 Å². The number of carbonyl (C=O) groups excluding carboxylic acids is 2. The van der Waals surface area contributed by atoms with Crippen LogP contribution >= 0.6 is 46.6 Å². The number of benzene rings is 2. The lowest BCUT2D eigenvalue weighted by Gasteiger charge is -2.31. The van der Waals surface area contributed by atoms with Crippen molar-refractivity contribution in [1.82, 2.24) is 10.2 Å². The van der Waals surface area contributed by atoms with E-state index in [2.05, 4.69) is 5.32 Å². The number of rotatable bonds is 8. The Balaban J connectivity index is 1.75. The van der Waals surface area contributed by atoms with Crippen molar-refractivity contribution in [3.63, 3.8) is 0 Å². The van der Waals surface area contributed by atoms with E-state index < -0.39 is 6.04 Å². The highest BCUT2D eigenvalue weighted by Gasteiger charge is 2.29. The number of hydrogen-bond donors (Lipinski definition) is 1. The number of nitrogens with zero attached hydrogens (tertiary/aromatic N) is 1. The molecule has 172 valence electrons. The van der Waals surface area contributed by atoms with Crippen LogP contribution in [0.25, 0.3) is 0 Å². The molecule has 32 heavy (non-hydrogen) atoms. The highest BCUT2D eigenvalue weighted by molar-refractivity contribution is 8.00. The minimum absolute atomic E-state index is 0.148. The summed E-state index contributed by atoms with van der Waals surface area (Å²) in [4.78, 5) is 28.8. The molecule has 2 aromatic rings. The van der Waals surface area contributed by atoms with E-state index in [1.807, 2.05) is 12.1 Å². The Hall–Kier alpha value is -1.40. The molecule has 0 saturated heterocycles. The fraction of sp³-hybridized carbons (Fsp3) is 0.417. The number of carbonyl (C=O) groups is 2. The maximum Gasteiger partial charge on any atom is 0.242 e. The summed E-state index contributed by atoms with van der Waals surface area (Å²) in [5, 5.41) is 4.72.